The Labute approximate surface area is 96.4 Å². The summed E-state index contributed by atoms with van der Waals surface area (Å²) in [6.07, 6.45) is 13.9. The summed E-state index contributed by atoms with van der Waals surface area (Å²) in [7, 11) is 0. The first-order valence-electron chi connectivity index (χ1n) is 5.87. The van der Waals surface area contributed by atoms with Gasteiger partial charge in [0.2, 0.25) is 12.2 Å². The summed E-state index contributed by atoms with van der Waals surface area (Å²) in [5.41, 5.74) is 0. The first kappa shape index (κ1) is 14.8. The molecule has 0 spiro atoms. The van der Waals surface area contributed by atoms with Gasteiger partial charge in [0.15, 0.2) is 0 Å². The third-order valence-corrected chi connectivity index (χ3v) is 3.47. The molecule has 2 aliphatic carbocycles. The zero-order chi connectivity index (χ0) is 12.2. The van der Waals surface area contributed by atoms with Gasteiger partial charge in [-0.15, -0.1) is 0 Å². The number of hydrogen-bond donors (Lipinski definition) is 2. The van der Waals surface area contributed by atoms with Crippen LogP contribution in [0.25, 0.3) is 0 Å². The molecule has 2 saturated carbocycles. The maximum Gasteiger partial charge on any atom is 0.231 e. The first-order valence-corrected chi connectivity index (χ1v) is 5.87. The standard InChI is InChI=1S/C10H18.2CHNO/c1-2-6-9(5-1)10-7-3-4-8-10;2*2-1-3/h9-10H,1-8H2;2*2H. The number of isocyanates is 2. The summed E-state index contributed by atoms with van der Waals surface area (Å²) in [6, 6.07) is 0. The van der Waals surface area contributed by atoms with E-state index in [1.165, 1.54) is 25.7 Å². The molecule has 0 aromatic rings. The van der Waals surface area contributed by atoms with Crippen molar-refractivity contribution in [3.8, 4) is 0 Å². The molecule has 4 heteroatoms. The average molecular weight is 224 g/mol. The third-order valence-electron chi connectivity index (χ3n) is 3.47. The smallest absolute Gasteiger partial charge is 0.222 e. The van der Waals surface area contributed by atoms with Crippen molar-refractivity contribution in [1.82, 2.24) is 0 Å². The molecular formula is C12H20N2O2. The Hall–Kier alpha value is -1.24. The molecule has 2 aliphatic rings. The second-order valence-electron chi connectivity index (χ2n) is 4.29. The van der Waals surface area contributed by atoms with Crippen LogP contribution in [0.3, 0.4) is 0 Å². The molecule has 90 valence electrons. The molecule has 2 fully saturated rings. The van der Waals surface area contributed by atoms with Gasteiger partial charge in [0.05, 0.1) is 0 Å². The van der Waals surface area contributed by atoms with Crippen LogP contribution >= 0.6 is 0 Å². The normalized spacial score (nSPS) is 19.8. The molecule has 2 N–H and O–H groups in total. The molecule has 0 bridgehead atoms. The molecule has 0 atom stereocenters. The van der Waals surface area contributed by atoms with Crippen molar-refractivity contribution >= 4 is 12.2 Å². The lowest BCUT2D eigenvalue weighted by molar-refractivity contribution is 0.347. The van der Waals surface area contributed by atoms with Crippen LogP contribution in [0.2, 0.25) is 0 Å². The maximum atomic E-state index is 8.35. The molecule has 0 saturated heterocycles. The minimum atomic E-state index is 0.750. The van der Waals surface area contributed by atoms with E-state index >= 15 is 0 Å². The average Bonchev–Trinajstić information content (AvgIpc) is 2.93. The fourth-order valence-electron chi connectivity index (χ4n) is 2.86. The summed E-state index contributed by atoms with van der Waals surface area (Å²) >= 11 is 0. The van der Waals surface area contributed by atoms with Crippen molar-refractivity contribution in [2.75, 3.05) is 0 Å². The van der Waals surface area contributed by atoms with E-state index in [2.05, 4.69) is 0 Å². The molecule has 0 aliphatic heterocycles. The fraction of sp³-hybridized carbons (Fsp3) is 0.833. The van der Waals surface area contributed by atoms with Crippen LogP contribution in [0.15, 0.2) is 0 Å². The Bertz CT molecular complexity index is 203. The van der Waals surface area contributed by atoms with Gasteiger partial charge in [0.1, 0.15) is 0 Å². The Morgan fingerprint density at radius 2 is 0.875 bits per heavy atom. The van der Waals surface area contributed by atoms with Crippen molar-refractivity contribution in [1.29, 1.82) is 10.8 Å². The fourth-order valence-corrected chi connectivity index (χ4v) is 2.86. The Morgan fingerprint density at radius 1 is 0.688 bits per heavy atom. The van der Waals surface area contributed by atoms with Gasteiger partial charge in [-0.05, 0) is 11.8 Å². The largest absolute Gasteiger partial charge is 0.231 e. The predicted molar refractivity (Wildman–Crippen MR) is 60.7 cm³/mol. The quantitative estimate of drug-likeness (QED) is 0.529. The van der Waals surface area contributed by atoms with Gasteiger partial charge in [-0.1, -0.05) is 51.4 Å². The molecular weight excluding hydrogens is 204 g/mol. The van der Waals surface area contributed by atoms with Crippen LogP contribution in [0.4, 0.5) is 0 Å². The highest BCUT2D eigenvalue weighted by Gasteiger charge is 2.26. The highest BCUT2D eigenvalue weighted by atomic mass is 16.1. The van der Waals surface area contributed by atoms with Gasteiger partial charge < -0.3 is 0 Å². The molecule has 0 amide bonds. The second-order valence-corrected chi connectivity index (χ2v) is 4.29. The zero-order valence-corrected chi connectivity index (χ0v) is 9.63. The molecule has 0 aromatic heterocycles. The molecule has 0 radical (unpaired) electrons. The second kappa shape index (κ2) is 10.3. The summed E-state index contributed by atoms with van der Waals surface area (Å²) in [5.74, 6) is 2.31. The van der Waals surface area contributed by atoms with Gasteiger partial charge in [-0.3, -0.25) is 0 Å². The molecule has 0 aromatic carbocycles. The molecule has 0 heterocycles. The highest BCUT2D eigenvalue weighted by Crippen LogP contribution is 2.39. The van der Waals surface area contributed by atoms with E-state index in [0.717, 1.165) is 24.0 Å². The zero-order valence-electron chi connectivity index (χ0n) is 9.63. The van der Waals surface area contributed by atoms with E-state index in [-0.39, 0.29) is 0 Å². The number of rotatable bonds is 1. The predicted octanol–water partition coefficient (Wildman–Crippen LogP) is 3.17. The van der Waals surface area contributed by atoms with Crippen LogP contribution in [0.5, 0.6) is 0 Å². The van der Waals surface area contributed by atoms with Crippen LogP contribution in [0.1, 0.15) is 51.4 Å². The first-order chi connectivity index (χ1) is 7.79. The van der Waals surface area contributed by atoms with E-state index in [0.29, 0.717) is 0 Å². The van der Waals surface area contributed by atoms with Crippen LogP contribution in [-0.2, 0) is 9.59 Å². The Balaban J connectivity index is 0.000000321. The molecule has 2 rings (SSSR count). The molecule has 0 unspecified atom stereocenters. The third kappa shape index (κ3) is 6.28. The van der Waals surface area contributed by atoms with E-state index in [1.807, 2.05) is 0 Å². The van der Waals surface area contributed by atoms with Crippen molar-refractivity contribution in [2.24, 2.45) is 11.8 Å². The van der Waals surface area contributed by atoms with Gasteiger partial charge in [0.25, 0.3) is 0 Å². The van der Waals surface area contributed by atoms with Crippen molar-refractivity contribution < 1.29 is 9.59 Å². The number of carbonyl (C=O) groups excluding carboxylic acids is 2. The van der Waals surface area contributed by atoms with Crippen LogP contribution in [-0.4, -0.2) is 12.2 Å². The number of hydrogen-bond acceptors (Lipinski definition) is 4. The van der Waals surface area contributed by atoms with Crippen LogP contribution < -0.4 is 0 Å². The van der Waals surface area contributed by atoms with Gasteiger partial charge in [0, 0.05) is 0 Å². The van der Waals surface area contributed by atoms with Crippen molar-refractivity contribution in [3.63, 3.8) is 0 Å². The van der Waals surface area contributed by atoms with E-state index in [1.54, 1.807) is 25.7 Å². The summed E-state index contributed by atoms with van der Waals surface area (Å²) in [5, 5.41) is 10.8. The van der Waals surface area contributed by atoms with E-state index in [4.69, 9.17) is 20.4 Å². The maximum absolute atomic E-state index is 8.35. The Kier molecular flexibility index (Phi) is 9.49. The summed E-state index contributed by atoms with van der Waals surface area (Å²) in [6.45, 7) is 0. The highest BCUT2D eigenvalue weighted by molar-refractivity contribution is 5.26. The van der Waals surface area contributed by atoms with Crippen molar-refractivity contribution in [2.45, 2.75) is 51.4 Å². The van der Waals surface area contributed by atoms with E-state index < -0.39 is 0 Å². The Morgan fingerprint density at radius 3 is 1.06 bits per heavy atom. The van der Waals surface area contributed by atoms with Gasteiger partial charge in [-0.25, -0.2) is 20.4 Å². The van der Waals surface area contributed by atoms with Gasteiger partial charge in [-0.2, -0.15) is 0 Å². The van der Waals surface area contributed by atoms with Crippen LogP contribution in [0, 0.1) is 22.7 Å². The lowest BCUT2D eigenvalue weighted by Crippen LogP contribution is -2.06. The molecule has 4 nitrogen and oxygen atoms in total. The van der Waals surface area contributed by atoms with Gasteiger partial charge >= 0.3 is 0 Å². The summed E-state index contributed by atoms with van der Waals surface area (Å²) < 4.78 is 0. The van der Waals surface area contributed by atoms with E-state index in [9.17, 15) is 0 Å². The number of nitrogens with one attached hydrogen (secondary N) is 2. The minimum Gasteiger partial charge on any atom is -0.222 e. The SMILES string of the molecule is C1CCC(C2CCCC2)C1.N=C=O.N=C=O. The topological polar surface area (TPSA) is 81.8 Å². The molecule has 16 heavy (non-hydrogen) atoms. The lowest BCUT2D eigenvalue weighted by atomic mass is 9.90. The monoisotopic (exact) mass is 224 g/mol. The summed E-state index contributed by atoms with van der Waals surface area (Å²) in [4.78, 5) is 16.7. The lowest BCUT2D eigenvalue weighted by Gasteiger charge is -2.16. The minimum absolute atomic E-state index is 0.750. The van der Waals surface area contributed by atoms with Crippen molar-refractivity contribution in [3.05, 3.63) is 0 Å².